The second-order valence-electron chi connectivity index (χ2n) is 5.96. The van der Waals surface area contributed by atoms with Gasteiger partial charge in [0, 0.05) is 48.4 Å². The summed E-state index contributed by atoms with van der Waals surface area (Å²) in [5.74, 6) is 0.700. The van der Waals surface area contributed by atoms with E-state index in [1.807, 2.05) is 35.6 Å². The van der Waals surface area contributed by atoms with Crippen LogP contribution in [0.5, 0.6) is 0 Å². The lowest BCUT2D eigenvalue weighted by atomic mass is 10.1. The van der Waals surface area contributed by atoms with Crippen molar-refractivity contribution in [3.8, 4) is 0 Å². The molecule has 1 unspecified atom stereocenters. The van der Waals surface area contributed by atoms with Crippen molar-refractivity contribution in [2.24, 2.45) is 4.99 Å². The summed E-state index contributed by atoms with van der Waals surface area (Å²) >= 11 is 1.83. The molecule has 1 atom stereocenters. The van der Waals surface area contributed by atoms with Crippen LogP contribution >= 0.6 is 35.3 Å². The van der Waals surface area contributed by atoms with Gasteiger partial charge in [0.2, 0.25) is 0 Å². The van der Waals surface area contributed by atoms with Crippen LogP contribution in [-0.4, -0.2) is 32.0 Å². The summed E-state index contributed by atoms with van der Waals surface area (Å²) in [6, 6.07) is 12.2. The van der Waals surface area contributed by atoms with Gasteiger partial charge in [-0.05, 0) is 43.7 Å². The van der Waals surface area contributed by atoms with Crippen LogP contribution in [0.4, 0.5) is 0 Å². The van der Waals surface area contributed by atoms with Crippen molar-refractivity contribution in [3.63, 3.8) is 0 Å². The first-order chi connectivity index (χ1) is 12.0. The third-order valence-electron chi connectivity index (χ3n) is 3.81. The maximum atomic E-state index is 11.6. The molecule has 0 fully saturated rings. The largest absolute Gasteiger partial charge is 0.355 e. The van der Waals surface area contributed by atoms with Crippen LogP contribution in [0.25, 0.3) is 0 Å². The van der Waals surface area contributed by atoms with Gasteiger partial charge < -0.3 is 16.0 Å². The zero-order valence-corrected chi connectivity index (χ0v) is 18.8. The Morgan fingerprint density at radius 3 is 2.42 bits per heavy atom. The lowest BCUT2D eigenvalue weighted by Crippen LogP contribution is -2.42. The SMILES string of the molecule is CN=C(NCc1ccc(C(=O)NC)cc1)NC(C)Cc1ccc(C)s1.I. The van der Waals surface area contributed by atoms with E-state index in [1.54, 1.807) is 14.1 Å². The third-order valence-corrected chi connectivity index (χ3v) is 4.84. The van der Waals surface area contributed by atoms with Gasteiger partial charge in [0.25, 0.3) is 5.91 Å². The van der Waals surface area contributed by atoms with E-state index in [4.69, 9.17) is 0 Å². The Balaban J connectivity index is 0.00000338. The minimum atomic E-state index is -0.0744. The average Bonchev–Trinajstić information content (AvgIpc) is 3.02. The smallest absolute Gasteiger partial charge is 0.251 e. The molecule has 26 heavy (non-hydrogen) atoms. The molecule has 3 N–H and O–H groups in total. The number of rotatable bonds is 6. The summed E-state index contributed by atoms with van der Waals surface area (Å²) in [6.07, 6.45) is 0.972. The Labute approximate surface area is 176 Å². The number of nitrogens with one attached hydrogen (secondary N) is 3. The van der Waals surface area contributed by atoms with Crippen LogP contribution in [0.2, 0.25) is 0 Å². The predicted molar refractivity (Wildman–Crippen MR) is 121 cm³/mol. The molecule has 0 aliphatic rings. The maximum Gasteiger partial charge on any atom is 0.251 e. The molecule has 142 valence electrons. The molecule has 0 saturated heterocycles. The van der Waals surface area contributed by atoms with Crippen LogP contribution in [0.3, 0.4) is 0 Å². The number of nitrogens with zero attached hydrogens (tertiary/aromatic N) is 1. The molecule has 1 heterocycles. The number of amides is 1. The molecule has 2 rings (SSSR count). The van der Waals surface area contributed by atoms with E-state index < -0.39 is 0 Å². The van der Waals surface area contributed by atoms with Crippen molar-refractivity contribution in [3.05, 3.63) is 57.3 Å². The first-order valence-electron chi connectivity index (χ1n) is 8.35. The Morgan fingerprint density at radius 2 is 1.88 bits per heavy atom. The predicted octanol–water partition coefficient (Wildman–Crippen LogP) is 3.33. The molecule has 0 spiro atoms. The monoisotopic (exact) mass is 486 g/mol. The summed E-state index contributed by atoms with van der Waals surface area (Å²) in [4.78, 5) is 18.5. The minimum Gasteiger partial charge on any atom is -0.355 e. The van der Waals surface area contributed by atoms with Crippen molar-refractivity contribution in [2.75, 3.05) is 14.1 Å². The van der Waals surface area contributed by atoms with E-state index in [9.17, 15) is 4.79 Å². The number of aliphatic imine (C=N–C) groups is 1. The van der Waals surface area contributed by atoms with Gasteiger partial charge in [0.1, 0.15) is 0 Å². The highest BCUT2D eigenvalue weighted by atomic mass is 127. The van der Waals surface area contributed by atoms with E-state index in [1.165, 1.54) is 9.75 Å². The highest BCUT2D eigenvalue weighted by Gasteiger charge is 2.08. The number of guanidine groups is 1. The molecule has 7 heteroatoms. The van der Waals surface area contributed by atoms with Crippen LogP contribution in [0, 0.1) is 6.92 Å². The van der Waals surface area contributed by atoms with Gasteiger partial charge in [0.15, 0.2) is 5.96 Å². The average molecular weight is 486 g/mol. The quantitative estimate of drug-likeness (QED) is 0.334. The fourth-order valence-corrected chi connectivity index (χ4v) is 3.50. The van der Waals surface area contributed by atoms with E-state index in [-0.39, 0.29) is 29.9 Å². The second-order valence-corrected chi connectivity index (χ2v) is 7.34. The molecular formula is C19H27IN4OS. The Kier molecular flexibility index (Phi) is 9.64. The fourth-order valence-electron chi connectivity index (χ4n) is 2.48. The molecule has 5 nitrogen and oxygen atoms in total. The number of halogens is 1. The van der Waals surface area contributed by atoms with E-state index in [0.29, 0.717) is 18.2 Å². The van der Waals surface area contributed by atoms with E-state index in [2.05, 4.69) is 46.9 Å². The van der Waals surface area contributed by atoms with Crippen molar-refractivity contribution in [1.29, 1.82) is 0 Å². The summed E-state index contributed by atoms with van der Waals surface area (Å²) in [5.41, 5.74) is 1.76. The van der Waals surface area contributed by atoms with E-state index in [0.717, 1.165) is 17.9 Å². The number of carbonyl (C=O) groups is 1. The second kappa shape index (κ2) is 11.2. The number of aryl methyl sites for hydroxylation is 1. The number of hydrogen-bond donors (Lipinski definition) is 3. The number of hydrogen-bond acceptors (Lipinski definition) is 3. The summed E-state index contributed by atoms with van der Waals surface area (Å²) < 4.78 is 0. The molecule has 1 aromatic carbocycles. The fraction of sp³-hybridized carbons (Fsp3) is 0.368. The van der Waals surface area contributed by atoms with Gasteiger partial charge in [-0.1, -0.05) is 12.1 Å². The molecule has 0 saturated carbocycles. The van der Waals surface area contributed by atoms with Crippen molar-refractivity contribution in [2.45, 2.75) is 32.9 Å². The Bertz CT molecular complexity index is 727. The first-order valence-corrected chi connectivity index (χ1v) is 9.17. The van der Waals surface area contributed by atoms with Crippen LogP contribution in [0.15, 0.2) is 41.4 Å². The van der Waals surface area contributed by atoms with Crippen LogP contribution in [0.1, 0.15) is 32.6 Å². The number of carbonyl (C=O) groups excluding carboxylic acids is 1. The van der Waals surface area contributed by atoms with Gasteiger partial charge in [-0.2, -0.15) is 0 Å². The standard InChI is InChI=1S/C19H26N4OS.HI/c1-13(11-17-10-5-14(2)25-17)23-19(21-4)22-12-15-6-8-16(9-7-15)18(24)20-3;/h5-10,13H,11-12H2,1-4H3,(H,20,24)(H2,21,22,23);1H. The summed E-state index contributed by atoms with van der Waals surface area (Å²) in [5, 5.41) is 9.35. The molecular weight excluding hydrogens is 459 g/mol. The highest BCUT2D eigenvalue weighted by molar-refractivity contribution is 14.0. The molecule has 0 aliphatic carbocycles. The van der Waals surface area contributed by atoms with Crippen molar-refractivity contribution >= 4 is 47.2 Å². The molecule has 0 aliphatic heterocycles. The Hall–Kier alpha value is -1.61. The normalized spacial score (nSPS) is 12.1. The third kappa shape index (κ3) is 6.95. The van der Waals surface area contributed by atoms with Crippen molar-refractivity contribution < 1.29 is 4.79 Å². The lowest BCUT2D eigenvalue weighted by Gasteiger charge is -2.17. The molecule has 1 amide bonds. The van der Waals surface area contributed by atoms with Crippen LogP contribution in [-0.2, 0) is 13.0 Å². The van der Waals surface area contributed by atoms with Gasteiger partial charge >= 0.3 is 0 Å². The Morgan fingerprint density at radius 1 is 1.19 bits per heavy atom. The molecule has 0 bridgehead atoms. The zero-order chi connectivity index (χ0) is 18.2. The maximum absolute atomic E-state index is 11.6. The topological polar surface area (TPSA) is 65.5 Å². The van der Waals surface area contributed by atoms with Gasteiger partial charge in [-0.3, -0.25) is 9.79 Å². The summed E-state index contributed by atoms with van der Waals surface area (Å²) in [6.45, 7) is 4.93. The van der Waals surface area contributed by atoms with Gasteiger partial charge in [0.05, 0.1) is 0 Å². The lowest BCUT2D eigenvalue weighted by molar-refractivity contribution is 0.0963. The number of benzene rings is 1. The number of thiophene rings is 1. The van der Waals surface area contributed by atoms with Crippen molar-refractivity contribution in [1.82, 2.24) is 16.0 Å². The van der Waals surface area contributed by atoms with Gasteiger partial charge in [-0.25, -0.2) is 0 Å². The molecule has 2 aromatic rings. The molecule has 0 radical (unpaired) electrons. The van der Waals surface area contributed by atoms with Crippen LogP contribution < -0.4 is 16.0 Å². The van der Waals surface area contributed by atoms with E-state index >= 15 is 0 Å². The zero-order valence-electron chi connectivity index (χ0n) is 15.6. The minimum absolute atomic E-state index is 0. The first kappa shape index (κ1) is 22.4. The summed E-state index contributed by atoms with van der Waals surface area (Å²) in [7, 11) is 3.40. The highest BCUT2D eigenvalue weighted by Crippen LogP contribution is 2.16. The van der Waals surface area contributed by atoms with Gasteiger partial charge in [-0.15, -0.1) is 35.3 Å². The molecule has 1 aromatic heterocycles.